The van der Waals surface area contributed by atoms with Crippen molar-refractivity contribution in [1.82, 2.24) is 0 Å². The lowest BCUT2D eigenvalue weighted by Gasteiger charge is -2.11. The van der Waals surface area contributed by atoms with Gasteiger partial charge in [-0.25, -0.2) is 0 Å². The van der Waals surface area contributed by atoms with E-state index in [0.717, 1.165) is 15.9 Å². The smallest absolute Gasteiger partial charge is 0.0551 e. The van der Waals surface area contributed by atoms with Crippen LogP contribution in [0.15, 0.2) is 46.9 Å². The van der Waals surface area contributed by atoms with Crippen molar-refractivity contribution in [1.29, 1.82) is 0 Å². The summed E-state index contributed by atoms with van der Waals surface area (Å²) in [4.78, 5) is 0.283. The van der Waals surface area contributed by atoms with E-state index in [2.05, 4.69) is 69.1 Å². The van der Waals surface area contributed by atoms with Crippen LogP contribution < -0.4 is 0 Å². The molecule has 2 rings (SSSR count). The molecule has 0 bridgehead atoms. The van der Waals surface area contributed by atoms with Gasteiger partial charge in [-0.1, -0.05) is 63.4 Å². The van der Waals surface area contributed by atoms with Gasteiger partial charge < -0.3 is 0 Å². The summed E-state index contributed by atoms with van der Waals surface area (Å²) in [6.07, 6.45) is 0.957. The Hall–Kier alpha value is -0.310. The van der Waals surface area contributed by atoms with Crippen molar-refractivity contribution in [2.75, 3.05) is 0 Å². The number of hydrogen-bond donors (Lipinski definition) is 0. The van der Waals surface area contributed by atoms with Crippen molar-refractivity contribution in [2.24, 2.45) is 0 Å². The summed E-state index contributed by atoms with van der Waals surface area (Å²) in [6, 6.07) is 14.7. The third-order valence-electron chi connectivity index (χ3n) is 2.84. The third kappa shape index (κ3) is 3.59. The van der Waals surface area contributed by atoms with Crippen molar-refractivity contribution in [2.45, 2.75) is 18.2 Å². The Morgan fingerprint density at radius 3 is 2.39 bits per heavy atom. The maximum atomic E-state index is 6.11. The maximum Gasteiger partial charge on any atom is 0.0551 e. The highest BCUT2D eigenvalue weighted by Crippen LogP contribution is 2.32. The topological polar surface area (TPSA) is 0 Å². The first-order valence-electron chi connectivity index (χ1n) is 5.71. The van der Waals surface area contributed by atoms with E-state index >= 15 is 0 Å². The zero-order valence-corrected chi connectivity index (χ0v) is 13.9. The van der Waals surface area contributed by atoms with E-state index in [1.54, 1.807) is 0 Å². The van der Waals surface area contributed by atoms with Gasteiger partial charge in [0.25, 0.3) is 0 Å². The second-order valence-electron chi connectivity index (χ2n) is 4.33. The summed E-state index contributed by atoms with van der Waals surface area (Å²) in [5, 5.41) is 0.751. The van der Waals surface area contributed by atoms with Crippen molar-refractivity contribution in [3.05, 3.63) is 68.7 Å². The third-order valence-corrected chi connectivity index (χ3v) is 4.93. The molecule has 0 heterocycles. The van der Waals surface area contributed by atoms with E-state index < -0.39 is 0 Å². The van der Waals surface area contributed by atoms with Crippen molar-refractivity contribution < 1.29 is 0 Å². The Morgan fingerprint density at radius 1 is 1.11 bits per heavy atom. The van der Waals surface area contributed by atoms with Crippen molar-refractivity contribution in [3.63, 3.8) is 0 Å². The van der Waals surface area contributed by atoms with Crippen LogP contribution in [0.2, 0.25) is 5.02 Å². The predicted octanol–water partition coefficient (Wildman–Crippen LogP) is 6.09. The fraction of sp³-hybridized carbons (Fsp3) is 0.200. The van der Waals surface area contributed by atoms with Crippen LogP contribution in [0.4, 0.5) is 0 Å². The van der Waals surface area contributed by atoms with Crippen molar-refractivity contribution >= 4 is 43.5 Å². The molecule has 0 nitrogen and oxygen atoms in total. The van der Waals surface area contributed by atoms with Gasteiger partial charge in [0.1, 0.15) is 0 Å². The number of halogens is 3. The monoisotopic (exact) mass is 386 g/mol. The molecule has 2 aromatic rings. The SMILES string of the molecule is Cc1ccc(CC(Br)c2ccc(Br)c(Cl)c2)cc1. The quantitative estimate of drug-likeness (QED) is 0.558. The summed E-state index contributed by atoms with van der Waals surface area (Å²) in [5.41, 5.74) is 3.81. The summed E-state index contributed by atoms with van der Waals surface area (Å²) < 4.78 is 0.933. The van der Waals surface area contributed by atoms with Crippen LogP contribution in [0.5, 0.6) is 0 Å². The molecule has 0 fully saturated rings. The van der Waals surface area contributed by atoms with Gasteiger partial charge in [0.2, 0.25) is 0 Å². The lowest BCUT2D eigenvalue weighted by atomic mass is 10.0. The number of alkyl halides is 1. The molecule has 0 saturated heterocycles. The van der Waals surface area contributed by atoms with Gasteiger partial charge in [0.15, 0.2) is 0 Å². The Morgan fingerprint density at radius 2 is 1.78 bits per heavy atom. The summed E-state index contributed by atoms with van der Waals surface area (Å²) in [6.45, 7) is 2.10. The standard InChI is InChI=1S/C15H13Br2Cl/c1-10-2-4-11(5-3-10)8-14(17)12-6-7-13(16)15(18)9-12/h2-7,9,14H,8H2,1H3. The van der Waals surface area contributed by atoms with Gasteiger partial charge in [-0.3, -0.25) is 0 Å². The fourth-order valence-corrected chi connectivity index (χ4v) is 2.85. The predicted molar refractivity (Wildman–Crippen MR) is 85.7 cm³/mol. The van der Waals surface area contributed by atoms with E-state index in [1.165, 1.54) is 16.7 Å². The van der Waals surface area contributed by atoms with Crippen LogP contribution in [0.3, 0.4) is 0 Å². The Labute approximate surface area is 130 Å². The molecule has 0 aliphatic heterocycles. The molecule has 0 saturated carbocycles. The highest BCUT2D eigenvalue weighted by molar-refractivity contribution is 9.10. The highest BCUT2D eigenvalue weighted by atomic mass is 79.9. The fourth-order valence-electron chi connectivity index (χ4n) is 1.76. The summed E-state index contributed by atoms with van der Waals surface area (Å²) in [5.74, 6) is 0. The first-order valence-corrected chi connectivity index (χ1v) is 7.79. The molecular formula is C15H13Br2Cl. The number of hydrogen-bond acceptors (Lipinski definition) is 0. The van der Waals surface area contributed by atoms with E-state index in [4.69, 9.17) is 11.6 Å². The summed E-state index contributed by atoms with van der Waals surface area (Å²) >= 11 is 13.2. The average molecular weight is 389 g/mol. The molecule has 1 atom stereocenters. The van der Waals surface area contributed by atoms with Crippen LogP contribution in [-0.4, -0.2) is 0 Å². The first-order chi connectivity index (χ1) is 8.56. The summed E-state index contributed by atoms with van der Waals surface area (Å²) in [7, 11) is 0. The number of benzene rings is 2. The van der Waals surface area contributed by atoms with Gasteiger partial charge in [0.05, 0.1) is 5.02 Å². The molecule has 0 amide bonds. The molecule has 3 heteroatoms. The van der Waals surface area contributed by atoms with Crippen LogP contribution in [0.1, 0.15) is 21.5 Å². The minimum absolute atomic E-state index is 0.283. The molecule has 0 aliphatic rings. The van der Waals surface area contributed by atoms with Gasteiger partial charge in [0, 0.05) is 9.30 Å². The molecule has 0 N–H and O–H groups in total. The van der Waals surface area contributed by atoms with Crippen LogP contribution in [0, 0.1) is 6.92 Å². The van der Waals surface area contributed by atoms with Crippen LogP contribution in [0.25, 0.3) is 0 Å². The van der Waals surface area contributed by atoms with Crippen LogP contribution in [-0.2, 0) is 6.42 Å². The molecule has 0 aliphatic carbocycles. The van der Waals surface area contributed by atoms with E-state index in [0.29, 0.717) is 0 Å². The van der Waals surface area contributed by atoms with Gasteiger partial charge in [-0.2, -0.15) is 0 Å². The number of rotatable bonds is 3. The molecule has 0 spiro atoms. The molecule has 18 heavy (non-hydrogen) atoms. The first kappa shape index (κ1) is 14.1. The van der Waals surface area contributed by atoms with Crippen molar-refractivity contribution in [3.8, 4) is 0 Å². The molecule has 0 radical (unpaired) electrons. The molecule has 0 aromatic heterocycles. The minimum atomic E-state index is 0.283. The van der Waals surface area contributed by atoms with E-state index in [-0.39, 0.29) is 4.83 Å². The lowest BCUT2D eigenvalue weighted by molar-refractivity contribution is 0.948. The van der Waals surface area contributed by atoms with E-state index in [1.807, 2.05) is 12.1 Å². The second-order valence-corrected chi connectivity index (χ2v) is 6.70. The van der Waals surface area contributed by atoms with Gasteiger partial charge in [-0.05, 0) is 52.5 Å². The molecule has 94 valence electrons. The van der Waals surface area contributed by atoms with Gasteiger partial charge >= 0.3 is 0 Å². The second kappa shape index (κ2) is 6.23. The minimum Gasteiger partial charge on any atom is -0.0835 e. The molecule has 1 unspecified atom stereocenters. The Balaban J connectivity index is 2.13. The molecular weight excluding hydrogens is 375 g/mol. The highest BCUT2D eigenvalue weighted by Gasteiger charge is 2.10. The van der Waals surface area contributed by atoms with Gasteiger partial charge in [-0.15, -0.1) is 0 Å². The average Bonchev–Trinajstić information content (AvgIpc) is 2.35. The van der Waals surface area contributed by atoms with Crippen LogP contribution >= 0.6 is 43.5 Å². The maximum absolute atomic E-state index is 6.11. The molecule has 2 aromatic carbocycles. The Kier molecular flexibility index (Phi) is 4.88. The number of aryl methyl sites for hydroxylation is 1. The zero-order valence-electron chi connectivity index (χ0n) is 9.96. The van der Waals surface area contributed by atoms with E-state index in [9.17, 15) is 0 Å². The lowest BCUT2D eigenvalue weighted by Crippen LogP contribution is -1.95. The Bertz CT molecular complexity index is 535. The largest absolute Gasteiger partial charge is 0.0835 e. The normalized spacial score (nSPS) is 12.4. The zero-order chi connectivity index (χ0) is 13.1.